The fourth-order valence-electron chi connectivity index (χ4n) is 3.80. The number of aliphatic hydroxyl groups is 1. The number of likely N-dealkylation sites (tertiary alicyclic amines) is 1. The number of aromatic nitrogens is 5. The Bertz CT molecular complexity index is 884. The highest BCUT2D eigenvalue weighted by atomic mass is 16.5. The average molecular weight is 354 g/mol. The van der Waals surface area contributed by atoms with E-state index in [1.54, 1.807) is 6.20 Å². The molecule has 3 aromatic heterocycles. The van der Waals surface area contributed by atoms with E-state index in [0.29, 0.717) is 37.1 Å². The summed E-state index contributed by atoms with van der Waals surface area (Å²) >= 11 is 0. The van der Waals surface area contributed by atoms with Crippen LogP contribution in [0.15, 0.2) is 29.2 Å². The summed E-state index contributed by atoms with van der Waals surface area (Å²) in [5, 5.41) is 15.1. The normalized spacial score (nSPS) is 24.3. The smallest absolute Gasteiger partial charge is 0.233 e. The second kappa shape index (κ2) is 6.14. The molecule has 1 N–H and O–H groups in total. The lowest BCUT2D eigenvalue weighted by atomic mass is 9.89. The van der Waals surface area contributed by atoms with Crippen LogP contribution in [0.5, 0.6) is 0 Å². The van der Waals surface area contributed by atoms with Crippen molar-refractivity contribution in [1.82, 2.24) is 29.4 Å². The molecule has 136 valence electrons. The number of hydrogen-bond acceptors (Lipinski definition) is 7. The zero-order chi connectivity index (χ0) is 17.6. The van der Waals surface area contributed by atoms with E-state index in [-0.39, 0.29) is 0 Å². The molecule has 1 saturated carbocycles. The van der Waals surface area contributed by atoms with Crippen molar-refractivity contribution in [3.63, 3.8) is 0 Å². The summed E-state index contributed by atoms with van der Waals surface area (Å²) in [6.45, 7) is 2.22. The quantitative estimate of drug-likeness (QED) is 0.743. The van der Waals surface area contributed by atoms with Crippen LogP contribution in [0.3, 0.4) is 0 Å². The van der Waals surface area contributed by atoms with Gasteiger partial charge >= 0.3 is 0 Å². The first-order valence-corrected chi connectivity index (χ1v) is 9.23. The van der Waals surface area contributed by atoms with Crippen molar-refractivity contribution in [3.8, 4) is 0 Å². The van der Waals surface area contributed by atoms with Crippen LogP contribution in [0, 0.1) is 0 Å². The lowest BCUT2D eigenvalue weighted by Crippen LogP contribution is -2.49. The van der Waals surface area contributed by atoms with Gasteiger partial charge in [0.05, 0.1) is 17.7 Å². The molecule has 0 bridgehead atoms. The van der Waals surface area contributed by atoms with Gasteiger partial charge in [0.25, 0.3) is 0 Å². The van der Waals surface area contributed by atoms with Crippen LogP contribution in [0.2, 0.25) is 0 Å². The molecule has 0 radical (unpaired) electrons. The highest BCUT2D eigenvalue weighted by molar-refractivity contribution is 5.29. The Morgan fingerprint density at radius 2 is 2.23 bits per heavy atom. The number of piperidine rings is 1. The van der Waals surface area contributed by atoms with Gasteiger partial charge in [0, 0.05) is 37.6 Å². The molecule has 0 amide bonds. The molecule has 4 heterocycles. The van der Waals surface area contributed by atoms with Crippen molar-refractivity contribution >= 4 is 5.78 Å². The van der Waals surface area contributed by atoms with E-state index in [1.807, 2.05) is 22.9 Å². The number of rotatable bonds is 5. The van der Waals surface area contributed by atoms with E-state index in [1.165, 1.54) is 0 Å². The first-order valence-electron chi connectivity index (χ1n) is 9.23. The minimum absolute atomic E-state index is 0.413. The van der Waals surface area contributed by atoms with Crippen LogP contribution < -0.4 is 0 Å². The number of hydrogen-bond donors (Lipinski definition) is 1. The molecule has 3 aromatic rings. The Morgan fingerprint density at radius 1 is 1.31 bits per heavy atom. The minimum atomic E-state index is -0.830. The van der Waals surface area contributed by atoms with Gasteiger partial charge in [-0.05, 0) is 38.3 Å². The summed E-state index contributed by atoms with van der Waals surface area (Å²) in [7, 11) is 0. The Hall–Kier alpha value is -2.32. The predicted octanol–water partition coefficient (Wildman–Crippen LogP) is 1.56. The second-order valence-corrected chi connectivity index (χ2v) is 7.60. The van der Waals surface area contributed by atoms with E-state index < -0.39 is 5.60 Å². The molecule has 1 aliphatic carbocycles. The molecule has 1 atom stereocenters. The van der Waals surface area contributed by atoms with E-state index in [9.17, 15) is 5.11 Å². The molecule has 1 aliphatic heterocycles. The molecule has 8 heteroatoms. The van der Waals surface area contributed by atoms with Crippen molar-refractivity contribution in [2.45, 2.75) is 50.2 Å². The van der Waals surface area contributed by atoms with Crippen LogP contribution >= 0.6 is 0 Å². The highest BCUT2D eigenvalue weighted by Gasteiger charge is 2.36. The summed E-state index contributed by atoms with van der Waals surface area (Å²) in [5.41, 5.74) is 0.130. The van der Waals surface area contributed by atoms with Crippen molar-refractivity contribution < 1.29 is 9.63 Å². The molecule has 0 spiro atoms. The maximum Gasteiger partial charge on any atom is 0.233 e. The molecule has 2 fully saturated rings. The molecular formula is C18H22N6O2. The van der Waals surface area contributed by atoms with Crippen LogP contribution in [0.1, 0.15) is 49.0 Å². The van der Waals surface area contributed by atoms with Gasteiger partial charge in [-0.1, -0.05) is 5.16 Å². The van der Waals surface area contributed by atoms with Crippen molar-refractivity contribution in [2.75, 3.05) is 13.1 Å². The first-order chi connectivity index (χ1) is 12.7. The standard InChI is InChI=1S/C18H22N6O2/c25-18(9-15-21-16(22-26-15)13-3-4-13)5-1-7-23(12-18)10-14-11-24-8-2-6-19-17(24)20-14/h2,6,8,11,13,25H,1,3-5,7,9-10,12H2. The van der Waals surface area contributed by atoms with Gasteiger partial charge in [-0.15, -0.1) is 0 Å². The second-order valence-electron chi connectivity index (χ2n) is 7.60. The lowest BCUT2D eigenvalue weighted by Gasteiger charge is -2.38. The third-order valence-electron chi connectivity index (χ3n) is 5.21. The largest absolute Gasteiger partial charge is 0.388 e. The Kier molecular flexibility index (Phi) is 3.75. The number of nitrogens with zero attached hydrogens (tertiary/aromatic N) is 6. The van der Waals surface area contributed by atoms with Gasteiger partial charge in [0.15, 0.2) is 5.82 Å². The molecule has 5 rings (SSSR count). The summed E-state index contributed by atoms with van der Waals surface area (Å²) < 4.78 is 7.28. The van der Waals surface area contributed by atoms with Crippen LogP contribution in [0.25, 0.3) is 5.78 Å². The zero-order valence-corrected chi connectivity index (χ0v) is 14.6. The summed E-state index contributed by atoms with van der Waals surface area (Å²) in [5.74, 6) is 2.52. The zero-order valence-electron chi connectivity index (χ0n) is 14.6. The van der Waals surface area contributed by atoms with E-state index >= 15 is 0 Å². The van der Waals surface area contributed by atoms with Gasteiger partial charge in [-0.3, -0.25) is 9.30 Å². The topological polar surface area (TPSA) is 92.6 Å². The van der Waals surface area contributed by atoms with Crippen LogP contribution in [0.4, 0.5) is 0 Å². The molecular weight excluding hydrogens is 332 g/mol. The van der Waals surface area contributed by atoms with Gasteiger partial charge in [-0.2, -0.15) is 4.98 Å². The van der Waals surface area contributed by atoms with Gasteiger partial charge in [0.2, 0.25) is 11.7 Å². The number of imidazole rings is 1. The van der Waals surface area contributed by atoms with E-state index in [2.05, 4.69) is 25.0 Å². The van der Waals surface area contributed by atoms with Crippen molar-refractivity contribution in [1.29, 1.82) is 0 Å². The minimum Gasteiger partial charge on any atom is -0.388 e. The monoisotopic (exact) mass is 354 g/mol. The SMILES string of the molecule is OC1(Cc2nc(C3CC3)no2)CCCN(Cc2cn3cccnc3n2)C1. The molecule has 8 nitrogen and oxygen atoms in total. The van der Waals surface area contributed by atoms with Gasteiger partial charge in [-0.25, -0.2) is 9.97 Å². The highest BCUT2D eigenvalue weighted by Crippen LogP contribution is 2.38. The fourth-order valence-corrected chi connectivity index (χ4v) is 3.80. The maximum absolute atomic E-state index is 11.1. The average Bonchev–Trinajstić information content (AvgIpc) is 3.23. The third-order valence-corrected chi connectivity index (χ3v) is 5.21. The Labute approximate surface area is 150 Å². The van der Waals surface area contributed by atoms with Crippen LogP contribution in [-0.2, 0) is 13.0 Å². The molecule has 1 saturated heterocycles. The number of fused-ring (bicyclic) bond motifs is 1. The molecule has 2 aliphatic rings. The van der Waals surface area contributed by atoms with Gasteiger partial charge in [0.1, 0.15) is 0 Å². The summed E-state index contributed by atoms with van der Waals surface area (Å²) in [6, 6.07) is 1.89. The van der Waals surface area contributed by atoms with Crippen LogP contribution in [-0.4, -0.2) is 53.2 Å². The van der Waals surface area contributed by atoms with Gasteiger partial charge < -0.3 is 9.63 Å². The van der Waals surface area contributed by atoms with Crippen molar-refractivity contribution in [2.24, 2.45) is 0 Å². The fraction of sp³-hybridized carbons (Fsp3) is 0.556. The molecule has 1 unspecified atom stereocenters. The van der Waals surface area contributed by atoms with E-state index in [0.717, 1.165) is 43.7 Å². The Morgan fingerprint density at radius 3 is 3.08 bits per heavy atom. The van der Waals surface area contributed by atoms with E-state index in [4.69, 9.17) is 4.52 Å². The summed E-state index contributed by atoms with van der Waals surface area (Å²) in [6.07, 6.45) is 10.1. The predicted molar refractivity (Wildman–Crippen MR) is 92.4 cm³/mol. The number of β-amino-alcohol motifs (C(OH)–C–C–N with tert-alkyl or cyclic N) is 1. The third kappa shape index (κ3) is 3.22. The molecule has 0 aromatic carbocycles. The molecule has 26 heavy (non-hydrogen) atoms. The first kappa shape index (κ1) is 15.9. The lowest BCUT2D eigenvalue weighted by molar-refractivity contribution is -0.0376. The van der Waals surface area contributed by atoms with Crippen molar-refractivity contribution in [3.05, 3.63) is 42.1 Å². The maximum atomic E-state index is 11.1. The Balaban J connectivity index is 1.27. The summed E-state index contributed by atoms with van der Waals surface area (Å²) in [4.78, 5) is 15.5.